The molecule has 1 aromatic carbocycles. The molecule has 0 saturated heterocycles. The van der Waals surface area contributed by atoms with Crippen molar-refractivity contribution in [2.75, 3.05) is 17.7 Å². The molecule has 0 saturated carbocycles. The predicted octanol–water partition coefficient (Wildman–Crippen LogP) is 3.55. The lowest BCUT2D eigenvalue weighted by atomic mass is 10.1. The van der Waals surface area contributed by atoms with E-state index in [9.17, 15) is 0 Å². The minimum Gasteiger partial charge on any atom is -0.461 e. The number of nitrogens with zero attached hydrogens (tertiary/aromatic N) is 4. The number of furan rings is 1. The molecule has 3 aromatic heterocycles. The summed E-state index contributed by atoms with van der Waals surface area (Å²) in [6.07, 6.45) is 2.37. The fourth-order valence-electron chi connectivity index (χ4n) is 3.17. The number of hydrogen-bond donors (Lipinski definition) is 1. The van der Waals surface area contributed by atoms with Crippen LogP contribution >= 0.6 is 0 Å². The summed E-state index contributed by atoms with van der Waals surface area (Å²) >= 11 is 0. The number of benzene rings is 1. The first-order valence-electron chi connectivity index (χ1n) is 8.25. The van der Waals surface area contributed by atoms with E-state index in [0.29, 0.717) is 18.0 Å². The minimum absolute atomic E-state index is 0.453. The Kier molecular flexibility index (Phi) is 3.72. The summed E-state index contributed by atoms with van der Waals surface area (Å²) in [5.74, 6) is 2.28. The maximum atomic E-state index is 6.00. The van der Waals surface area contributed by atoms with Gasteiger partial charge in [-0.15, -0.1) is 0 Å². The number of para-hydroxylation sites is 1. The molecule has 0 spiro atoms. The second kappa shape index (κ2) is 6.05. The number of nitrogens with two attached hydrogens (primary N) is 1. The summed E-state index contributed by atoms with van der Waals surface area (Å²) in [5.41, 5.74) is 8.48. The predicted molar refractivity (Wildman–Crippen MR) is 99.4 cm³/mol. The van der Waals surface area contributed by atoms with Gasteiger partial charge in [-0.25, -0.2) is 15.0 Å². The quantitative estimate of drug-likeness (QED) is 0.615. The summed E-state index contributed by atoms with van der Waals surface area (Å²) < 4.78 is 6.00. The molecule has 0 aliphatic heterocycles. The molecule has 3 heterocycles. The Morgan fingerprint density at radius 3 is 2.76 bits per heavy atom. The maximum Gasteiger partial charge on any atom is 0.166 e. The highest BCUT2D eigenvalue weighted by Gasteiger charge is 2.17. The topological polar surface area (TPSA) is 81.1 Å². The van der Waals surface area contributed by atoms with E-state index in [1.807, 2.05) is 31.3 Å². The lowest BCUT2D eigenvalue weighted by Gasteiger charge is -2.19. The van der Waals surface area contributed by atoms with Crippen LogP contribution in [0.5, 0.6) is 0 Å². The standard InChI is InChI=1S/C19H19N5O/c1-3-15-14(12-6-4-5-7-16(12)25-15)10-24(2)19-13-8-9-17(20)23-18(13)21-11-22-19/h4-9,11H,3,10H2,1-2H3,(H2,20,21,22,23). The van der Waals surface area contributed by atoms with Crippen LogP contribution in [0.3, 0.4) is 0 Å². The van der Waals surface area contributed by atoms with Crippen LogP contribution in [0.1, 0.15) is 18.2 Å². The number of aromatic nitrogens is 3. The molecule has 0 fully saturated rings. The van der Waals surface area contributed by atoms with Gasteiger partial charge >= 0.3 is 0 Å². The smallest absolute Gasteiger partial charge is 0.166 e. The van der Waals surface area contributed by atoms with Crippen LogP contribution in [0.4, 0.5) is 11.6 Å². The zero-order chi connectivity index (χ0) is 17.4. The number of fused-ring (bicyclic) bond motifs is 2. The highest BCUT2D eigenvalue weighted by molar-refractivity contribution is 5.88. The number of rotatable bonds is 4. The molecule has 0 aliphatic carbocycles. The van der Waals surface area contributed by atoms with Crippen LogP contribution in [0.15, 0.2) is 47.1 Å². The summed E-state index contributed by atoms with van der Waals surface area (Å²) in [6.45, 7) is 2.80. The SMILES string of the molecule is CCc1oc2ccccc2c1CN(C)c1ncnc2nc(N)ccc12. The van der Waals surface area contributed by atoms with Gasteiger partial charge in [0.15, 0.2) is 5.65 Å². The van der Waals surface area contributed by atoms with Gasteiger partial charge in [0.2, 0.25) is 0 Å². The number of pyridine rings is 1. The maximum absolute atomic E-state index is 6.00. The van der Waals surface area contributed by atoms with E-state index >= 15 is 0 Å². The number of aryl methyl sites for hydroxylation is 1. The number of hydrogen-bond acceptors (Lipinski definition) is 6. The molecule has 126 valence electrons. The zero-order valence-electron chi connectivity index (χ0n) is 14.2. The molecular formula is C19H19N5O. The Hall–Kier alpha value is -3.15. The van der Waals surface area contributed by atoms with E-state index in [0.717, 1.165) is 34.4 Å². The molecule has 25 heavy (non-hydrogen) atoms. The summed E-state index contributed by atoms with van der Waals surface area (Å²) in [7, 11) is 2.01. The van der Waals surface area contributed by atoms with Gasteiger partial charge in [-0.1, -0.05) is 25.1 Å². The molecule has 6 nitrogen and oxygen atoms in total. The average Bonchev–Trinajstić information content (AvgIpc) is 2.98. The highest BCUT2D eigenvalue weighted by atomic mass is 16.3. The van der Waals surface area contributed by atoms with Crippen LogP contribution in [0.25, 0.3) is 22.0 Å². The molecule has 0 atom stereocenters. The van der Waals surface area contributed by atoms with E-state index in [1.165, 1.54) is 11.9 Å². The molecule has 4 rings (SSSR count). The molecule has 0 radical (unpaired) electrons. The van der Waals surface area contributed by atoms with Crippen LogP contribution in [0.2, 0.25) is 0 Å². The first-order chi connectivity index (χ1) is 12.2. The normalized spacial score (nSPS) is 11.3. The van der Waals surface area contributed by atoms with Gasteiger partial charge in [0, 0.05) is 31.0 Å². The zero-order valence-corrected chi connectivity index (χ0v) is 14.2. The lowest BCUT2D eigenvalue weighted by molar-refractivity contribution is 0.549. The lowest BCUT2D eigenvalue weighted by Crippen LogP contribution is -2.19. The van der Waals surface area contributed by atoms with Crippen molar-refractivity contribution in [2.24, 2.45) is 0 Å². The molecule has 6 heteroatoms. The fraction of sp³-hybridized carbons (Fsp3) is 0.211. The molecular weight excluding hydrogens is 314 g/mol. The van der Waals surface area contributed by atoms with Crippen molar-refractivity contribution < 1.29 is 4.42 Å². The molecule has 0 unspecified atom stereocenters. The van der Waals surface area contributed by atoms with Crippen molar-refractivity contribution in [1.82, 2.24) is 15.0 Å². The first kappa shape index (κ1) is 15.4. The van der Waals surface area contributed by atoms with Crippen molar-refractivity contribution in [1.29, 1.82) is 0 Å². The van der Waals surface area contributed by atoms with Crippen molar-refractivity contribution in [3.8, 4) is 0 Å². The Morgan fingerprint density at radius 1 is 1.08 bits per heavy atom. The molecule has 2 N–H and O–H groups in total. The average molecular weight is 333 g/mol. The van der Waals surface area contributed by atoms with E-state index < -0.39 is 0 Å². The Labute approximate surface area is 145 Å². The van der Waals surface area contributed by atoms with Gasteiger partial charge in [0.05, 0.1) is 5.39 Å². The molecule has 0 bridgehead atoms. The third-order valence-corrected chi connectivity index (χ3v) is 4.36. The van der Waals surface area contributed by atoms with E-state index in [4.69, 9.17) is 10.2 Å². The second-order valence-electron chi connectivity index (χ2n) is 6.01. The number of nitrogen functional groups attached to an aromatic ring is 1. The van der Waals surface area contributed by atoms with Crippen molar-refractivity contribution in [3.05, 3.63) is 54.0 Å². The Morgan fingerprint density at radius 2 is 1.92 bits per heavy atom. The monoisotopic (exact) mass is 333 g/mol. The van der Waals surface area contributed by atoms with Crippen LogP contribution in [0, 0.1) is 0 Å². The van der Waals surface area contributed by atoms with Gasteiger partial charge in [-0.2, -0.15) is 0 Å². The third-order valence-electron chi connectivity index (χ3n) is 4.36. The van der Waals surface area contributed by atoms with Crippen molar-refractivity contribution in [2.45, 2.75) is 19.9 Å². The first-order valence-corrected chi connectivity index (χ1v) is 8.25. The van der Waals surface area contributed by atoms with Crippen molar-refractivity contribution >= 4 is 33.6 Å². The summed E-state index contributed by atoms with van der Waals surface area (Å²) in [4.78, 5) is 15.1. The van der Waals surface area contributed by atoms with Crippen LogP contribution < -0.4 is 10.6 Å². The van der Waals surface area contributed by atoms with Crippen LogP contribution in [-0.4, -0.2) is 22.0 Å². The fourth-order valence-corrected chi connectivity index (χ4v) is 3.17. The largest absolute Gasteiger partial charge is 0.461 e. The molecule has 0 aliphatic rings. The number of anilines is 2. The Bertz CT molecular complexity index is 1060. The van der Waals surface area contributed by atoms with Gasteiger partial charge < -0.3 is 15.1 Å². The van der Waals surface area contributed by atoms with E-state index in [-0.39, 0.29) is 0 Å². The molecule has 4 aromatic rings. The summed E-state index contributed by atoms with van der Waals surface area (Å²) in [6, 6.07) is 11.8. The summed E-state index contributed by atoms with van der Waals surface area (Å²) in [5, 5.41) is 2.02. The Balaban J connectivity index is 1.77. The highest BCUT2D eigenvalue weighted by Crippen LogP contribution is 2.29. The second-order valence-corrected chi connectivity index (χ2v) is 6.01. The molecule has 0 amide bonds. The third kappa shape index (κ3) is 2.65. The van der Waals surface area contributed by atoms with E-state index in [2.05, 4.69) is 32.8 Å². The van der Waals surface area contributed by atoms with Gasteiger partial charge in [0.25, 0.3) is 0 Å². The van der Waals surface area contributed by atoms with Gasteiger partial charge in [-0.05, 0) is 18.2 Å². The van der Waals surface area contributed by atoms with Crippen molar-refractivity contribution in [3.63, 3.8) is 0 Å². The van der Waals surface area contributed by atoms with Gasteiger partial charge in [-0.3, -0.25) is 0 Å². The van der Waals surface area contributed by atoms with E-state index in [1.54, 1.807) is 6.07 Å². The van der Waals surface area contributed by atoms with Crippen LogP contribution in [-0.2, 0) is 13.0 Å². The minimum atomic E-state index is 0.453. The van der Waals surface area contributed by atoms with Gasteiger partial charge in [0.1, 0.15) is 29.3 Å².